The summed E-state index contributed by atoms with van der Waals surface area (Å²) in [5.41, 5.74) is 2.29. The number of benzene rings is 2. The van der Waals surface area contributed by atoms with Crippen molar-refractivity contribution in [3.8, 4) is 0 Å². The zero-order valence-electron chi connectivity index (χ0n) is 21.1. The molecule has 7 nitrogen and oxygen atoms in total. The van der Waals surface area contributed by atoms with Crippen molar-refractivity contribution in [2.24, 2.45) is 0 Å². The molecule has 0 aliphatic carbocycles. The van der Waals surface area contributed by atoms with Crippen LogP contribution in [-0.4, -0.2) is 56.6 Å². The van der Waals surface area contributed by atoms with Crippen LogP contribution in [-0.2, 0) is 26.0 Å². The van der Waals surface area contributed by atoms with Gasteiger partial charge < -0.3 is 10.2 Å². The third-order valence-electron chi connectivity index (χ3n) is 5.98. The molecule has 2 aromatic rings. The first-order valence-electron chi connectivity index (χ1n) is 11.9. The van der Waals surface area contributed by atoms with E-state index in [1.165, 1.54) is 4.90 Å². The van der Waals surface area contributed by atoms with Crippen molar-refractivity contribution in [2.45, 2.75) is 59.0 Å². The minimum atomic E-state index is -3.75. The van der Waals surface area contributed by atoms with Crippen molar-refractivity contribution in [3.63, 3.8) is 0 Å². The number of sulfonamides is 1. The summed E-state index contributed by atoms with van der Waals surface area (Å²) in [5, 5.41) is 2.97. The molecule has 0 aliphatic heterocycles. The molecule has 35 heavy (non-hydrogen) atoms. The quantitative estimate of drug-likeness (QED) is 0.416. The fourth-order valence-electron chi connectivity index (χ4n) is 3.73. The zero-order valence-corrected chi connectivity index (χ0v) is 23.5. The van der Waals surface area contributed by atoms with Crippen molar-refractivity contribution in [2.75, 3.05) is 23.7 Å². The van der Waals surface area contributed by atoms with E-state index in [9.17, 15) is 18.0 Å². The minimum Gasteiger partial charge on any atom is -0.352 e. The van der Waals surface area contributed by atoms with E-state index in [0.29, 0.717) is 25.1 Å². The number of rotatable bonds is 12. The first kappa shape index (κ1) is 28.8. The molecule has 1 N–H and O–H groups in total. The Kier molecular flexibility index (Phi) is 10.8. The molecule has 2 atom stereocenters. The average Bonchev–Trinajstić information content (AvgIpc) is 2.81. The largest absolute Gasteiger partial charge is 0.352 e. The molecule has 9 heteroatoms. The van der Waals surface area contributed by atoms with Crippen LogP contribution in [0.15, 0.2) is 53.0 Å². The molecule has 192 valence electrons. The summed E-state index contributed by atoms with van der Waals surface area (Å²) in [6.45, 7) is 7.52. The van der Waals surface area contributed by atoms with Gasteiger partial charge >= 0.3 is 0 Å². The maximum Gasteiger partial charge on any atom is 0.244 e. The molecular formula is C26H36BrN3O4S. The first-order chi connectivity index (χ1) is 16.5. The number of amides is 2. The third kappa shape index (κ3) is 8.35. The highest BCUT2D eigenvalue weighted by Crippen LogP contribution is 2.25. The van der Waals surface area contributed by atoms with Crippen LogP contribution < -0.4 is 9.62 Å². The lowest BCUT2D eigenvalue weighted by Gasteiger charge is -2.33. The predicted octanol–water partition coefficient (Wildman–Crippen LogP) is 4.29. The number of anilines is 1. The van der Waals surface area contributed by atoms with Gasteiger partial charge in [0.2, 0.25) is 21.8 Å². The van der Waals surface area contributed by atoms with Gasteiger partial charge in [0, 0.05) is 17.1 Å². The summed E-state index contributed by atoms with van der Waals surface area (Å²) in [7, 11) is -3.75. The Morgan fingerprint density at radius 1 is 1.06 bits per heavy atom. The van der Waals surface area contributed by atoms with Crippen LogP contribution in [0.1, 0.15) is 44.7 Å². The van der Waals surface area contributed by atoms with Gasteiger partial charge in [-0.2, -0.15) is 0 Å². The van der Waals surface area contributed by atoms with Crippen LogP contribution in [0.5, 0.6) is 0 Å². The summed E-state index contributed by atoms with van der Waals surface area (Å²) >= 11 is 3.43. The number of nitrogens with zero attached hydrogens (tertiary/aromatic N) is 2. The third-order valence-corrected chi connectivity index (χ3v) is 8.01. The summed E-state index contributed by atoms with van der Waals surface area (Å²) in [6, 6.07) is 14.1. The Morgan fingerprint density at radius 3 is 2.26 bits per heavy atom. The van der Waals surface area contributed by atoms with E-state index in [1.807, 2.05) is 58.0 Å². The molecule has 0 aliphatic rings. The van der Waals surface area contributed by atoms with E-state index in [1.54, 1.807) is 18.2 Å². The molecule has 0 heterocycles. The van der Waals surface area contributed by atoms with E-state index in [4.69, 9.17) is 0 Å². The molecule has 0 saturated heterocycles. The van der Waals surface area contributed by atoms with Crippen molar-refractivity contribution >= 4 is 43.5 Å². The monoisotopic (exact) mass is 565 g/mol. The molecule has 2 rings (SSSR count). The first-order valence-corrected chi connectivity index (χ1v) is 14.5. The summed E-state index contributed by atoms with van der Waals surface area (Å²) in [6.07, 6.45) is 2.82. The maximum atomic E-state index is 13.6. The summed E-state index contributed by atoms with van der Waals surface area (Å²) in [5.74, 6) is -0.647. The molecular weight excluding hydrogens is 530 g/mol. The smallest absolute Gasteiger partial charge is 0.244 e. The molecule has 2 aromatic carbocycles. The second-order valence-corrected chi connectivity index (χ2v) is 11.5. The normalized spacial score (nSPS) is 13.1. The Morgan fingerprint density at radius 2 is 1.71 bits per heavy atom. The molecule has 0 unspecified atom stereocenters. The van der Waals surface area contributed by atoms with E-state index in [2.05, 4.69) is 21.2 Å². The second kappa shape index (κ2) is 13.1. The van der Waals surface area contributed by atoms with E-state index < -0.39 is 22.0 Å². The topological polar surface area (TPSA) is 86.8 Å². The number of nitrogens with one attached hydrogen (secondary N) is 1. The van der Waals surface area contributed by atoms with Crippen LogP contribution in [0, 0.1) is 6.92 Å². The van der Waals surface area contributed by atoms with Gasteiger partial charge in [-0.3, -0.25) is 13.9 Å². The Labute approximate surface area is 218 Å². The van der Waals surface area contributed by atoms with E-state index in [-0.39, 0.29) is 18.5 Å². The minimum absolute atomic E-state index is 0.0270. The summed E-state index contributed by atoms with van der Waals surface area (Å²) < 4.78 is 27.3. The van der Waals surface area contributed by atoms with Gasteiger partial charge in [0.25, 0.3) is 0 Å². The van der Waals surface area contributed by atoms with Crippen LogP contribution in [0.4, 0.5) is 5.69 Å². The lowest BCUT2D eigenvalue weighted by atomic mass is 10.1. The predicted molar refractivity (Wildman–Crippen MR) is 145 cm³/mol. The second-order valence-electron chi connectivity index (χ2n) is 8.77. The number of carbonyl (C=O) groups is 2. The lowest BCUT2D eigenvalue weighted by molar-refractivity contribution is -0.139. The van der Waals surface area contributed by atoms with E-state index >= 15 is 0 Å². The van der Waals surface area contributed by atoms with Crippen LogP contribution in [0.2, 0.25) is 0 Å². The maximum absolute atomic E-state index is 13.6. The fraction of sp³-hybridized carbons (Fsp3) is 0.462. The molecule has 0 spiro atoms. The highest BCUT2D eigenvalue weighted by molar-refractivity contribution is 9.10. The Hall–Kier alpha value is -2.39. The van der Waals surface area contributed by atoms with Crippen LogP contribution in [0.3, 0.4) is 0 Å². The number of carbonyl (C=O) groups excluding carboxylic acids is 2. The number of halogens is 1. The molecule has 0 aromatic heterocycles. The highest BCUT2D eigenvalue weighted by atomic mass is 79.9. The number of aryl methyl sites for hydroxylation is 1. The van der Waals surface area contributed by atoms with Gasteiger partial charge in [-0.05, 0) is 62.4 Å². The van der Waals surface area contributed by atoms with Crippen molar-refractivity contribution < 1.29 is 18.0 Å². The summed E-state index contributed by atoms with van der Waals surface area (Å²) in [4.78, 5) is 28.3. The highest BCUT2D eigenvalue weighted by Gasteiger charge is 2.31. The van der Waals surface area contributed by atoms with Gasteiger partial charge in [0.15, 0.2) is 0 Å². The zero-order chi connectivity index (χ0) is 26.2. The van der Waals surface area contributed by atoms with Gasteiger partial charge in [0.05, 0.1) is 11.9 Å². The van der Waals surface area contributed by atoms with Gasteiger partial charge in [-0.15, -0.1) is 0 Å². The van der Waals surface area contributed by atoms with Gasteiger partial charge in [0.1, 0.15) is 12.6 Å². The Balaban J connectivity index is 2.38. The van der Waals surface area contributed by atoms with Crippen molar-refractivity contribution in [1.29, 1.82) is 0 Å². The molecule has 2 amide bonds. The SMILES string of the molecule is CC[C@@H](C)NC(=O)[C@H](CC)N(CCc1ccccc1)C(=O)CN(c1ccc(Br)c(C)c1)S(C)(=O)=O. The number of hydrogen-bond acceptors (Lipinski definition) is 4. The van der Waals surface area contributed by atoms with Gasteiger partial charge in [-0.25, -0.2) is 8.42 Å². The van der Waals surface area contributed by atoms with E-state index in [0.717, 1.165) is 32.6 Å². The van der Waals surface area contributed by atoms with Crippen LogP contribution in [0.25, 0.3) is 0 Å². The Bertz CT molecular complexity index is 1110. The van der Waals surface area contributed by atoms with Crippen molar-refractivity contribution in [3.05, 3.63) is 64.1 Å². The standard InChI is InChI=1S/C26H36BrN3O4S/c1-6-20(4)28-26(32)24(7-2)29(16-15-21-11-9-8-10-12-21)25(31)18-30(35(5,33)34)22-13-14-23(27)19(3)17-22/h8-14,17,20,24H,6-7,15-16,18H2,1-5H3,(H,28,32)/t20-,24+/m1/s1. The molecule has 0 bridgehead atoms. The molecule has 0 saturated carbocycles. The molecule has 0 fully saturated rings. The van der Waals surface area contributed by atoms with Gasteiger partial charge in [-0.1, -0.05) is 60.1 Å². The average molecular weight is 567 g/mol. The number of hydrogen-bond donors (Lipinski definition) is 1. The van der Waals surface area contributed by atoms with Crippen LogP contribution >= 0.6 is 15.9 Å². The lowest BCUT2D eigenvalue weighted by Crippen LogP contribution is -2.54. The fourth-order valence-corrected chi connectivity index (χ4v) is 4.82. The van der Waals surface area contributed by atoms with Crippen molar-refractivity contribution in [1.82, 2.24) is 10.2 Å². The molecule has 0 radical (unpaired) electrons.